The lowest BCUT2D eigenvalue weighted by Gasteiger charge is -2.00. The molecule has 0 aromatic carbocycles. The van der Waals surface area contributed by atoms with Crippen molar-refractivity contribution in [1.29, 1.82) is 0 Å². The van der Waals surface area contributed by atoms with Gasteiger partial charge < -0.3 is 10.0 Å². The fraction of sp³-hybridized carbons (Fsp3) is 0. The van der Waals surface area contributed by atoms with Crippen LogP contribution in [0.1, 0.15) is 0 Å². The fourth-order valence-electron chi connectivity index (χ4n) is 0.631. The molecule has 1 aromatic heterocycles. The van der Waals surface area contributed by atoms with Crippen LogP contribution in [-0.2, 0) is 0 Å². The van der Waals surface area contributed by atoms with Crippen molar-refractivity contribution < 1.29 is 14.4 Å². The molecule has 3 nitrogen and oxygen atoms in total. The monoisotopic (exact) mass is 219 g/mol. The summed E-state index contributed by atoms with van der Waals surface area (Å²) in [6, 6.07) is 1.20. The molecule has 0 saturated heterocycles. The second-order valence-corrected chi connectivity index (χ2v) is 2.63. The molecule has 0 atom stereocenters. The molecule has 0 amide bonds. The average Bonchev–Trinajstić information content (AvgIpc) is 1.94. The summed E-state index contributed by atoms with van der Waals surface area (Å²) in [4.78, 5) is 3.54. The van der Waals surface area contributed by atoms with Crippen LogP contribution in [0.2, 0.25) is 0 Å². The first kappa shape index (κ1) is 8.64. The third kappa shape index (κ3) is 1.77. The average molecular weight is 220 g/mol. The van der Waals surface area contributed by atoms with Crippen LogP contribution in [0.5, 0.6) is 0 Å². The normalized spacial score (nSPS) is 9.82. The maximum absolute atomic E-state index is 12.8. The zero-order valence-electron chi connectivity index (χ0n) is 5.33. The van der Waals surface area contributed by atoms with E-state index in [0.717, 1.165) is 0 Å². The standard InChI is InChI=1S/C5H4BBrFNO2/c7-5-4(8)3(6(10)11)1-2-9-5/h1-2,10-11H. The molecule has 0 aliphatic carbocycles. The molecule has 0 fully saturated rings. The van der Waals surface area contributed by atoms with Gasteiger partial charge in [-0.3, -0.25) is 0 Å². The first-order valence-electron chi connectivity index (χ1n) is 2.79. The molecular formula is C5H4BBrFNO2. The minimum atomic E-state index is -1.80. The lowest BCUT2D eigenvalue weighted by molar-refractivity contribution is 0.422. The molecule has 11 heavy (non-hydrogen) atoms. The van der Waals surface area contributed by atoms with E-state index in [0.29, 0.717) is 0 Å². The fourth-order valence-corrected chi connectivity index (χ4v) is 0.978. The highest BCUT2D eigenvalue weighted by molar-refractivity contribution is 9.10. The van der Waals surface area contributed by atoms with E-state index in [1.807, 2.05) is 0 Å². The molecule has 0 aliphatic rings. The highest BCUT2D eigenvalue weighted by atomic mass is 79.9. The highest BCUT2D eigenvalue weighted by Crippen LogP contribution is 2.07. The molecule has 0 radical (unpaired) electrons. The van der Waals surface area contributed by atoms with Gasteiger partial charge in [0.05, 0.1) is 0 Å². The van der Waals surface area contributed by atoms with Gasteiger partial charge >= 0.3 is 7.12 Å². The Morgan fingerprint density at radius 2 is 2.18 bits per heavy atom. The molecule has 0 aliphatic heterocycles. The first-order chi connectivity index (χ1) is 5.13. The van der Waals surface area contributed by atoms with Crippen LogP contribution in [0.15, 0.2) is 16.9 Å². The van der Waals surface area contributed by atoms with Gasteiger partial charge in [0.1, 0.15) is 4.60 Å². The summed E-state index contributed by atoms with van der Waals surface area (Å²) in [5.74, 6) is -0.748. The van der Waals surface area contributed by atoms with Crippen molar-refractivity contribution in [3.05, 3.63) is 22.7 Å². The number of hydrogen-bond acceptors (Lipinski definition) is 3. The predicted octanol–water partition coefficient (Wildman–Crippen LogP) is -0.337. The lowest BCUT2D eigenvalue weighted by Crippen LogP contribution is -2.33. The minimum absolute atomic E-state index is 0.0249. The molecule has 0 bridgehead atoms. The summed E-state index contributed by atoms with van der Waals surface area (Å²) in [5, 5.41) is 17.2. The van der Waals surface area contributed by atoms with Crippen LogP contribution in [0.4, 0.5) is 4.39 Å². The first-order valence-corrected chi connectivity index (χ1v) is 3.58. The Balaban J connectivity index is 3.17. The van der Waals surface area contributed by atoms with Gasteiger partial charge in [-0.25, -0.2) is 9.37 Å². The molecule has 0 unspecified atom stereocenters. The third-order valence-electron chi connectivity index (χ3n) is 1.15. The van der Waals surface area contributed by atoms with Gasteiger partial charge in [-0.05, 0) is 22.0 Å². The molecule has 1 aromatic rings. The highest BCUT2D eigenvalue weighted by Gasteiger charge is 2.18. The van der Waals surface area contributed by atoms with Crippen LogP contribution >= 0.6 is 15.9 Å². The Kier molecular flexibility index (Phi) is 2.59. The van der Waals surface area contributed by atoms with Crippen LogP contribution in [0, 0.1) is 5.82 Å². The van der Waals surface area contributed by atoms with Crippen molar-refractivity contribution in [3.8, 4) is 0 Å². The number of nitrogens with zero attached hydrogens (tertiary/aromatic N) is 1. The SMILES string of the molecule is OB(O)c1ccnc(Br)c1F. The molecule has 1 rings (SSSR count). The van der Waals surface area contributed by atoms with E-state index in [2.05, 4.69) is 20.9 Å². The van der Waals surface area contributed by atoms with E-state index in [1.165, 1.54) is 12.3 Å². The van der Waals surface area contributed by atoms with Crippen molar-refractivity contribution in [2.45, 2.75) is 0 Å². The molecule has 0 spiro atoms. The summed E-state index contributed by atoms with van der Waals surface area (Å²) in [5.41, 5.74) is -0.188. The van der Waals surface area contributed by atoms with Gasteiger partial charge in [-0.15, -0.1) is 0 Å². The summed E-state index contributed by atoms with van der Waals surface area (Å²) in [6.45, 7) is 0. The number of hydrogen-bond donors (Lipinski definition) is 2. The largest absolute Gasteiger partial charge is 0.491 e. The van der Waals surface area contributed by atoms with E-state index < -0.39 is 12.9 Å². The predicted molar refractivity (Wildman–Crippen MR) is 41.7 cm³/mol. The lowest BCUT2D eigenvalue weighted by atomic mass is 9.81. The van der Waals surface area contributed by atoms with Crippen molar-refractivity contribution in [1.82, 2.24) is 4.98 Å². The van der Waals surface area contributed by atoms with Gasteiger partial charge in [-0.2, -0.15) is 0 Å². The van der Waals surface area contributed by atoms with Gasteiger partial charge in [-0.1, -0.05) is 0 Å². The Morgan fingerprint density at radius 3 is 2.64 bits per heavy atom. The van der Waals surface area contributed by atoms with E-state index in [4.69, 9.17) is 10.0 Å². The molecule has 2 N–H and O–H groups in total. The van der Waals surface area contributed by atoms with Gasteiger partial charge in [0.25, 0.3) is 0 Å². The maximum Gasteiger partial charge on any atom is 0.491 e. The van der Waals surface area contributed by atoms with Gasteiger partial charge in [0.2, 0.25) is 0 Å². The van der Waals surface area contributed by atoms with Crippen LogP contribution in [0.3, 0.4) is 0 Å². The minimum Gasteiger partial charge on any atom is -0.423 e. The van der Waals surface area contributed by atoms with Crippen molar-refractivity contribution in [3.63, 3.8) is 0 Å². The third-order valence-corrected chi connectivity index (χ3v) is 1.71. The zero-order chi connectivity index (χ0) is 8.43. The van der Waals surface area contributed by atoms with E-state index in [1.54, 1.807) is 0 Å². The van der Waals surface area contributed by atoms with Crippen molar-refractivity contribution in [2.24, 2.45) is 0 Å². The Morgan fingerprint density at radius 1 is 1.55 bits per heavy atom. The summed E-state index contributed by atoms with van der Waals surface area (Å²) < 4.78 is 12.8. The topological polar surface area (TPSA) is 53.4 Å². The Labute approximate surface area is 71.2 Å². The second-order valence-electron chi connectivity index (χ2n) is 1.88. The van der Waals surface area contributed by atoms with E-state index in [-0.39, 0.29) is 10.1 Å². The van der Waals surface area contributed by atoms with Crippen molar-refractivity contribution >= 4 is 28.5 Å². The number of aromatic nitrogens is 1. The molecular weight excluding hydrogens is 216 g/mol. The summed E-state index contributed by atoms with van der Waals surface area (Å²) in [6.07, 6.45) is 1.28. The molecule has 0 saturated carbocycles. The zero-order valence-corrected chi connectivity index (χ0v) is 6.92. The quantitative estimate of drug-likeness (QED) is 0.502. The van der Waals surface area contributed by atoms with Gasteiger partial charge in [0.15, 0.2) is 5.82 Å². The number of pyridine rings is 1. The van der Waals surface area contributed by atoms with Crippen molar-refractivity contribution in [2.75, 3.05) is 0 Å². The van der Waals surface area contributed by atoms with Crippen LogP contribution in [-0.4, -0.2) is 22.2 Å². The molecule has 58 valence electrons. The summed E-state index contributed by atoms with van der Waals surface area (Å²) >= 11 is 2.81. The summed E-state index contributed by atoms with van der Waals surface area (Å²) in [7, 11) is -1.80. The van der Waals surface area contributed by atoms with E-state index >= 15 is 0 Å². The number of rotatable bonds is 1. The second kappa shape index (κ2) is 3.29. The van der Waals surface area contributed by atoms with E-state index in [9.17, 15) is 4.39 Å². The molecule has 1 heterocycles. The maximum atomic E-state index is 12.8. The van der Waals surface area contributed by atoms with Crippen LogP contribution < -0.4 is 5.46 Å². The Bertz CT molecular complexity index is 271. The Hall–Kier alpha value is -0.455. The number of halogens is 2. The van der Waals surface area contributed by atoms with Gasteiger partial charge in [0, 0.05) is 11.7 Å². The van der Waals surface area contributed by atoms with Crippen LogP contribution in [0.25, 0.3) is 0 Å². The smallest absolute Gasteiger partial charge is 0.423 e. The molecule has 6 heteroatoms.